The lowest BCUT2D eigenvalue weighted by Crippen LogP contribution is -2.47. The van der Waals surface area contributed by atoms with Crippen LogP contribution in [-0.2, 0) is 21.3 Å². The van der Waals surface area contributed by atoms with Gasteiger partial charge in [-0.15, -0.1) is 0 Å². The summed E-state index contributed by atoms with van der Waals surface area (Å²) >= 11 is 0. The van der Waals surface area contributed by atoms with E-state index in [1.165, 1.54) is 25.0 Å². The number of nitrogens with zero attached hydrogens (tertiary/aromatic N) is 2. The molecule has 3 N–H and O–H groups in total. The van der Waals surface area contributed by atoms with Gasteiger partial charge in [0.25, 0.3) is 5.91 Å². The number of amides is 2. The van der Waals surface area contributed by atoms with Crippen molar-refractivity contribution in [3.8, 4) is 11.1 Å². The van der Waals surface area contributed by atoms with Crippen molar-refractivity contribution in [3.05, 3.63) is 71.4 Å². The highest BCUT2D eigenvalue weighted by atomic mass is 16.5. The van der Waals surface area contributed by atoms with Crippen LogP contribution >= 0.6 is 0 Å². The third-order valence-corrected chi connectivity index (χ3v) is 5.59. The number of methoxy groups -OCH3 is 1. The van der Waals surface area contributed by atoms with E-state index >= 15 is 0 Å². The van der Waals surface area contributed by atoms with Crippen LogP contribution in [0.25, 0.3) is 11.1 Å². The van der Waals surface area contributed by atoms with E-state index in [0.29, 0.717) is 0 Å². The van der Waals surface area contributed by atoms with Gasteiger partial charge in [-0.1, -0.05) is 48.5 Å². The highest BCUT2D eigenvalue weighted by Gasteiger charge is 2.30. The van der Waals surface area contributed by atoms with Gasteiger partial charge in [0.1, 0.15) is 18.2 Å². The van der Waals surface area contributed by atoms with Gasteiger partial charge >= 0.3 is 12.1 Å². The first-order chi connectivity index (χ1) is 16.4. The van der Waals surface area contributed by atoms with Crippen molar-refractivity contribution in [2.24, 2.45) is 7.05 Å². The lowest BCUT2D eigenvalue weighted by atomic mass is 9.98. The maximum Gasteiger partial charge on any atom is 0.407 e. The molecule has 3 aromatic rings. The number of carbonyl (C=O) groups excluding carboxylic acids is 2. The number of rotatable bonds is 8. The highest BCUT2D eigenvalue weighted by molar-refractivity contribution is 6.01. The van der Waals surface area contributed by atoms with Crippen LogP contribution in [0.3, 0.4) is 0 Å². The normalized spacial score (nSPS) is 13.0. The molecule has 1 heterocycles. The second kappa shape index (κ2) is 9.75. The topological polar surface area (TPSA) is 132 Å². The summed E-state index contributed by atoms with van der Waals surface area (Å²) in [6.45, 7) is -0.0597. The van der Waals surface area contributed by atoms with Gasteiger partial charge in [-0.25, -0.2) is 9.59 Å². The zero-order chi connectivity index (χ0) is 24.2. The van der Waals surface area contributed by atoms with Gasteiger partial charge in [0.05, 0.1) is 6.61 Å². The first-order valence-corrected chi connectivity index (χ1v) is 10.6. The fourth-order valence-corrected chi connectivity index (χ4v) is 4.07. The summed E-state index contributed by atoms with van der Waals surface area (Å²) in [5, 5.41) is 18.1. The minimum absolute atomic E-state index is 0.0879. The molecule has 176 valence electrons. The van der Waals surface area contributed by atoms with E-state index in [0.717, 1.165) is 22.3 Å². The number of aromatic carboxylic acids is 1. The van der Waals surface area contributed by atoms with E-state index in [1.54, 1.807) is 0 Å². The molecule has 4 rings (SSSR count). The van der Waals surface area contributed by atoms with Crippen molar-refractivity contribution >= 4 is 23.8 Å². The van der Waals surface area contributed by atoms with Crippen LogP contribution in [0.2, 0.25) is 0 Å². The van der Waals surface area contributed by atoms with Crippen LogP contribution in [-0.4, -0.2) is 59.2 Å². The van der Waals surface area contributed by atoms with Gasteiger partial charge in [-0.3, -0.25) is 9.48 Å². The third-order valence-electron chi connectivity index (χ3n) is 5.59. The molecule has 0 bridgehead atoms. The van der Waals surface area contributed by atoms with Crippen molar-refractivity contribution in [1.82, 2.24) is 15.1 Å². The van der Waals surface area contributed by atoms with E-state index < -0.39 is 24.0 Å². The van der Waals surface area contributed by atoms with Gasteiger partial charge in [0, 0.05) is 26.3 Å². The number of carbonyl (C=O) groups is 3. The fraction of sp³-hybridized carbons (Fsp3) is 0.250. The monoisotopic (exact) mass is 464 g/mol. The summed E-state index contributed by atoms with van der Waals surface area (Å²) in [6, 6.07) is 14.8. The third kappa shape index (κ3) is 4.62. The average molecular weight is 464 g/mol. The minimum atomic E-state index is -1.24. The molecule has 2 aromatic carbocycles. The van der Waals surface area contributed by atoms with Crippen LogP contribution in [0.15, 0.2) is 54.7 Å². The standard InChI is InChI=1S/C24H24N4O6/c1-28-11-18(23(30)31)21(27-28)26-22(29)20(13-33-2)25-24(32)34-12-19-16-9-5-3-7-14(16)15-8-4-6-10-17(15)19/h3-11,19-20H,12-13H2,1-2H3,(H,25,32)(H,30,31)(H,26,27,29). The predicted octanol–water partition coefficient (Wildman–Crippen LogP) is 2.61. The maximum atomic E-state index is 12.7. The lowest BCUT2D eigenvalue weighted by Gasteiger charge is -2.19. The summed E-state index contributed by atoms with van der Waals surface area (Å²) in [7, 11) is 2.91. The number of benzene rings is 2. The SMILES string of the molecule is COCC(NC(=O)OCC1c2ccccc2-c2ccccc21)C(=O)Nc1nn(C)cc1C(=O)O. The number of aromatic nitrogens is 2. The Labute approximate surface area is 195 Å². The van der Waals surface area contributed by atoms with Crippen LogP contribution in [0.4, 0.5) is 10.6 Å². The number of anilines is 1. The average Bonchev–Trinajstić information content (AvgIpc) is 3.35. The first kappa shape index (κ1) is 23.0. The fourth-order valence-electron chi connectivity index (χ4n) is 4.07. The largest absolute Gasteiger partial charge is 0.477 e. The Hall–Kier alpha value is -4.18. The molecule has 0 fully saturated rings. The second-order valence-electron chi connectivity index (χ2n) is 7.84. The smallest absolute Gasteiger partial charge is 0.407 e. The molecule has 1 aliphatic carbocycles. The quantitative estimate of drug-likeness (QED) is 0.467. The van der Waals surface area contributed by atoms with Crippen LogP contribution in [0, 0.1) is 0 Å². The number of carboxylic acids is 1. The van der Waals surface area contributed by atoms with Gasteiger partial charge in [-0.2, -0.15) is 5.10 Å². The van der Waals surface area contributed by atoms with Crippen LogP contribution < -0.4 is 10.6 Å². The molecule has 10 heteroatoms. The molecule has 0 spiro atoms. The summed E-state index contributed by atoms with van der Waals surface area (Å²) < 4.78 is 11.8. The number of hydrogen-bond acceptors (Lipinski definition) is 6. The molecule has 1 aliphatic rings. The number of carboxylic acid groups (broad SMARTS) is 1. The predicted molar refractivity (Wildman–Crippen MR) is 123 cm³/mol. The van der Waals surface area contributed by atoms with E-state index in [2.05, 4.69) is 15.7 Å². The molecular formula is C24H24N4O6. The number of fused-ring (bicyclic) bond motifs is 3. The van der Waals surface area contributed by atoms with Crippen molar-refractivity contribution in [2.75, 3.05) is 25.6 Å². The van der Waals surface area contributed by atoms with Crippen molar-refractivity contribution in [3.63, 3.8) is 0 Å². The Kier molecular flexibility index (Phi) is 6.60. The van der Waals surface area contributed by atoms with E-state index in [4.69, 9.17) is 9.47 Å². The van der Waals surface area contributed by atoms with Gasteiger partial charge in [-0.05, 0) is 22.3 Å². The molecule has 34 heavy (non-hydrogen) atoms. The van der Waals surface area contributed by atoms with E-state index in [9.17, 15) is 19.5 Å². The van der Waals surface area contributed by atoms with E-state index in [1.807, 2.05) is 48.5 Å². The number of aryl methyl sites for hydroxylation is 1. The molecule has 1 unspecified atom stereocenters. The van der Waals surface area contributed by atoms with Crippen molar-refractivity contribution in [1.29, 1.82) is 0 Å². The van der Waals surface area contributed by atoms with Crippen LogP contribution in [0.1, 0.15) is 27.4 Å². The molecule has 0 aliphatic heterocycles. The highest BCUT2D eigenvalue weighted by Crippen LogP contribution is 2.44. The van der Waals surface area contributed by atoms with Crippen LogP contribution in [0.5, 0.6) is 0 Å². The number of nitrogens with one attached hydrogen (secondary N) is 2. The van der Waals surface area contributed by atoms with Crippen molar-refractivity contribution in [2.45, 2.75) is 12.0 Å². The molecule has 0 saturated carbocycles. The van der Waals surface area contributed by atoms with Gasteiger partial charge in [0.15, 0.2) is 5.82 Å². The lowest BCUT2D eigenvalue weighted by molar-refractivity contribution is -0.119. The molecular weight excluding hydrogens is 440 g/mol. The number of hydrogen-bond donors (Lipinski definition) is 3. The maximum absolute atomic E-state index is 12.7. The Morgan fingerprint density at radius 1 is 1.09 bits per heavy atom. The van der Waals surface area contributed by atoms with Crippen molar-refractivity contribution < 1.29 is 29.0 Å². The Bertz CT molecular complexity index is 1190. The zero-order valence-corrected chi connectivity index (χ0v) is 18.6. The van der Waals surface area contributed by atoms with Gasteiger partial charge in [0.2, 0.25) is 0 Å². The van der Waals surface area contributed by atoms with Gasteiger partial charge < -0.3 is 25.2 Å². The molecule has 2 amide bonds. The summed E-state index contributed by atoms with van der Waals surface area (Å²) in [5.41, 5.74) is 4.17. The summed E-state index contributed by atoms with van der Waals surface area (Å²) in [6.07, 6.45) is 0.473. The molecule has 10 nitrogen and oxygen atoms in total. The first-order valence-electron chi connectivity index (χ1n) is 10.6. The Balaban J connectivity index is 1.42. The zero-order valence-electron chi connectivity index (χ0n) is 18.6. The summed E-state index contributed by atoms with van der Waals surface area (Å²) in [5.74, 6) is -2.18. The number of ether oxygens (including phenoxy) is 2. The Morgan fingerprint density at radius 3 is 2.29 bits per heavy atom. The number of alkyl carbamates (subject to hydrolysis) is 1. The second-order valence-corrected chi connectivity index (χ2v) is 7.84. The molecule has 1 atom stereocenters. The summed E-state index contributed by atoms with van der Waals surface area (Å²) in [4.78, 5) is 36.6. The molecule has 0 saturated heterocycles. The molecule has 0 radical (unpaired) electrons. The Morgan fingerprint density at radius 2 is 1.71 bits per heavy atom. The molecule has 1 aromatic heterocycles. The minimum Gasteiger partial charge on any atom is -0.477 e. The van der Waals surface area contributed by atoms with E-state index in [-0.39, 0.29) is 30.5 Å².